The second kappa shape index (κ2) is 6.35. The normalized spacial score (nSPS) is 22.7. The van der Waals surface area contributed by atoms with Gasteiger partial charge in [0.1, 0.15) is 0 Å². The Kier molecular flexibility index (Phi) is 4.73. The van der Waals surface area contributed by atoms with E-state index in [0.717, 1.165) is 31.6 Å². The summed E-state index contributed by atoms with van der Waals surface area (Å²) in [5.41, 5.74) is 7.43. The average molecular weight is 292 g/mol. The Morgan fingerprint density at radius 2 is 2.19 bits per heavy atom. The Balaban J connectivity index is 2.22. The van der Waals surface area contributed by atoms with Crippen LogP contribution in [0.4, 0.5) is 11.4 Å². The number of hydrogen-bond acceptors (Lipinski definition) is 5. The highest BCUT2D eigenvalue weighted by molar-refractivity contribution is 5.92. The molecule has 0 aliphatic carbocycles. The lowest BCUT2D eigenvalue weighted by molar-refractivity contribution is 0.0480. The molecule has 0 saturated carbocycles. The number of anilines is 2. The van der Waals surface area contributed by atoms with Crippen LogP contribution >= 0.6 is 0 Å². The van der Waals surface area contributed by atoms with E-state index < -0.39 is 5.60 Å². The standard InChI is InChI=1S/C16H24N2O3/c1-3-21-15(19)12-5-6-13(17)14(11-12)18-9-4-7-16(2,20)8-10-18/h5-6,11,20H,3-4,7-10,17H2,1-2H3. The van der Waals surface area contributed by atoms with Crippen LogP contribution in [0.25, 0.3) is 0 Å². The fourth-order valence-corrected chi connectivity index (χ4v) is 2.66. The molecular weight excluding hydrogens is 268 g/mol. The van der Waals surface area contributed by atoms with Crippen LogP contribution in [0.3, 0.4) is 0 Å². The van der Waals surface area contributed by atoms with Gasteiger partial charge >= 0.3 is 5.97 Å². The summed E-state index contributed by atoms with van der Waals surface area (Å²) in [5, 5.41) is 10.2. The van der Waals surface area contributed by atoms with Crippen molar-refractivity contribution in [2.75, 3.05) is 30.3 Å². The Morgan fingerprint density at radius 3 is 2.90 bits per heavy atom. The molecule has 1 unspecified atom stereocenters. The zero-order valence-corrected chi connectivity index (χ0v) is 12.8. The molecule has 5 heteroatoms. The van der Waals surface area contributed by atoms with Gasteiger partial charge in [-0.15, -0.1) is 0 Å². The van der Waals surface area contributed by atoms with Crippen molar-refractivity contribution < 1.29 is 14.6 Å². The van der Waals surface area contributed by atoms with Gasteiger partial charge in [-0.2, -0.15) is 0 Å². The number of nitrogen functional groups attached to an aromatic ring is 1. The second-order valence-electron chi connectivity index (χ2n) is 5.83. The van der Waals surface area contributed by atoms with Gasteiger partial charge in [0, 0.05) is 13.1 Å². The van der Waals surface area contributed by atoms with E-state index in [1.165, 1.54) is 0 Å². The van der Waals surface area contributed by atoms with E-state index in [9.17, 15) is 9.90 Å². The lowest BCUT2D eigenvalue weighted by atomic mass is 9.98. The summed E-state index contributed by atoms with van der Waals surface area (Å²) in [6.45, 7) is 5.56. The molecule has 1 aliphatic heterocycles. The Morgan fingerprint density at radius 1 is 1.43 bits per heavy atom. The number of carbonyl (C=O) groups excluding carboxylic acids is 1. The number of nitrogens with two attached hydrogens (primary N) is 1. The van der Waals surface area contributed by atoms with Crippen molar-refractivity contribution in [1.29, 1.82) is 0 Å². The minimum absolute atomic E-state index is 0.333. The number of hydrogen-bond donors (Lipinski definition) is 2. The van der Waals surface area contributed by atoms with Gasteiger partial charge in [-0.1, -0.05) is 0 Å². The van der Waals surface area contributed by atoms with Crippen LogP contribution in [0, 0.1) is 0 Å². The summed E-state index contributed by atoms with van der Waals surface area (Å²) in [6.07, 6.45) is 2.37. The fourth-order valence-electron chi connectivity index (χ4n) is 2.66. The Labute approximate surface area is 125 Å². The number of carbonyl (C=O) groups is 1. The van der Waals surface area contributed by atoms with Gasteiger partial charge in [-0.3, -0.25) is 0 Å². The first-order chi connectivity index (χ1) is 9.93. The molecule has 0 spiro atoms. The molecular formula is C16H24N2O3. The van der Waals surface area contributed by atoms with Crippen LogP contribution in [0.2, 0.25) is 0 Å². The first-order valence-electron chi connectivity index (χ1n) is 7.47. The molecule has 0 aromatic heterocycles. The third kappa shape index (κ3) is 3.88. The summed E-state index contributed by atoms with van der Waals surface area (Å²) in [4.78, 5) is 14.0. The van der Waals surface area contributed by atoms with Crippen LogP contribution in [0.1, 0.15) is 43.5 Å². The first-order valence-corrected chi connectivity index (χ1v) is 7.47. The number of esters is 1. The number of rotatable bonds is 3. The van der Waals surface area contributed by atoms with Crippen LogP contribution in [-0.4, -0.2) is 36.4 Å². The summed E-state index contributed by atoms with van der Waals surface area (Å²) in [5.74, 6) is -0.333. The SMILES string of the molecule is CCOC(=O)c1ccc(N)c(N2CCCC(C)(O)CC2)c1. The van der Waals surface area contributed by atoms with E-state index in [-0.39, 0.29) is 5.97 Å². The van der Waals surface area contributed by atoms with Gasteiger partial charge in [0.05, 0.1) is 29.1 Å². The summed E-state index contributed by atoms with van der Waals surface area (Å²) in [7, 11) is 0. The van der Waals surface area contributed by atoms with Gasteiger partial charge in [-0.25, -0.2) is 4.79 Å². The second-order valence-corrected chi connectivity index (χ2v) is 5.83. The van der Waals surface area contributed by atoms with Crippen molar-refractivity contribution in [3.63, 3.8) is 0 Å². The van der Waals surface area contributed by atoms with Crippen molar-refractivity contribution in [2.45, 2.75) is 38.7 Å². The maximum absolute atomic E-state index is 11.8. The average Bonchev–Trinajstić information content (AvgIpc) is 2.60. The van der Waals surface area contributed by atoms with Gasteiger partial charge in [-0.05, 0) is 51.3 Å². The predicted molar refractivity (Wildman–Crippen MR) is 83.5 cm³/mol. The molecule has 0 radical (unpaired) electrons. The molecule has 5 nitrogen and oxygen atoms in total. The zero-order chi connectivity index (χ0) is 15.5. The van der Waals surface area contributed by atoms with Gasteiger partial charge in [0.2, 0.25) is 0 Å². The quantitative estimate of drug-likeness (QED) is 0.659. The third-order valence-electron chi connectivity index (χ3n) is 3.95. The summed E-state index contributed by atoms with van der Waals surface area (Å²) < 4.78 is 5.03. The van der Waals surface area contributed by atoms with Gasteiger partial charge < -0.3 is 20.5 Å². The Bertz CT molecular complexity index is 514. The molecule has 1 heterocycles. The molecule has 0 bridgehead atoms. The topological polar surface area (TPSA) is 75.8 Å². The lowest BCUT2D eigenvalue weighted by Gasteiger charge is -2.25. The van der Waals surface area contributed by atoms with Crippen LogP contribution in [0.5, 0.6) is 0 Å². The highest BCUT2D eigenvalue weighted by Gasteiger charge is 2.26. The Hall–Kier alpha value is -1.75. The molecule has 21 heavy (non-hydrogen) atoms. The predicted octanol–water partition coefficient (Wildman–Crippen LogP) is 2.19. The molecule has 2 rings (SSSR count). The summed E-state index contributed by atoms with van der Waals surface area (Å²) in [6, 6.07) is 5.21. The maximum atomic E-state index is 11.8. The zero-order valence-electron chi connectivity index (χ0n) is 12.8. The van der Waals surface area contributed by atoms with E-state index in [4.69, 9.17) is 10.5 Å². The van der Waals surface area contributed by atoms with Crippen LogP contribution in [-0.2, 0) is 4.74 Å². The van der Waals surface area contributed by atoms with Crippen LogP contribution < -0.4 is 10.6 Å². The maximum Gasteiger partial charge on any atom is 0.338 e. The number of nitrogens with zero attached hydrogens (tertiary/aromatic N) is 1. The molecule has 3 N–H and O–H groups in total. The van der Waals surface area contributed by atoms with E-state index >= 15 is 0 Å². The number of ether oxygens (including phenoxy) is 1. The minimum atomic E-state index is -0.623. The largest absolute Gasteiger partial charge is 0.462 e. The molecule has 1 saturated heterocycles. The smallest absolute Gasteiger partial charge is 0.338 e. The first kappa shape index (κ1) is 15.6. The van der Waals surface area contributed by atoms with Crippen molar-refractivity contribution in [3.8, 4) is 0 Å². The molecule has 1 aliphatic rings. The van der Waals surface area contributed by atoms with Gasteiger partial charge in [0.25, 0.3) is 0 Å². The van der Waals surface area contributed by atoms with E-state index in [0.29, 0.717) is 24.3 Å². The third-order valence-corrected chi connectivity index (χ3v) is 3.95. The molecule has 1 aromatic carbocycles. The number of benzene rings is 1. The monoisotopic (exact) mass is 292 g/mol. The minimum Gasteiger partial charge on any atom is -0.462 e. The highest BCUT2D eigenvalue weighted by atomic mass is 16.5. The van der Waals surface area contributed by atoms with Crippen molar-refractivity contribution in [2.24, 2.45) is 0 Å². The molecule has 0 amide bonds. The molecule has 116 valence electrons. The van der Waals surface area contributed by atoms with Gasteiger partial charge in [0.15, 0.2) is 0 Å². The van der Waals surface area contributed by atoms with E-state index in [1.54, 1.807) is 25.1 Å². The lowest BCUT2D eigenvalue weighted by Crippen LogP contribution is -2.29. The van der Waals surface area contributed by atoms with Crippen molar-refractivity contribution in [1.82, 2.24) is 0 Å². The van der Waals surface area contributed by atoms with Crippen LogP contribution in [0.15, 0.2) is 18.2 Å². The highest BCUT2D eigenvalue weighted by Crippen LogP contribution is 2.30. The van der Waals surface area contributed by atoms with Crippen molar-refractivity contribution >= 4 is 17.3 Å². The molecule has 1 atom stereocenters. The summed E-state index contributed by atoms with van der Waals surface area (Å²) >= 11 is 0. The van der Waals surface area contributed by atoms with E-state index in [2.05, 4.69) is 4.90 Å². The number of aliphatic hydroxyl groups is 1. The van der Waals surface area contributed by atoms with Crippen molar-refractivity contribution in [3.05, 3.63) is 23.8 Å². The fraction of sp³-hybridized carbons (Fsp3) is 0.562. The van der Waals surface area contributed by atoms with E-state index in [1.807, 2.05) is 6.92 Å². The molecule has 1 aromatic rings. The molecule has 1 fully saturated rings.